The van der Waals surface area contributed by atoms with Crippen molar-refractivity contribution >= 4 is 101 Å². The van der Waals surface area contributed by atoms with E-state index in [4.69, 9.17) is 13.1 Å². The van der Waals surface area contributed by atoms with Gasteiger partial charge < -0.3 is 61.3 Å². The fraction of sp³-hybridized carbons (Fsp3) is 0.341. The van der Waals surface area contributed by atoms with Crippen LogP contribution in [0.4, 0.5) is 109 Å². The van der Waals surface area contributed by atoms with Crippen LogP contribution < -0.4 is 21.3 Å². The number of benzene rings is 8. The second-order valence-corrected chi connectivity index (χ2v) is 33.8. The third-order valence-corrected chi connectivity index (χ3v) is 24.6. The number of fused-ring (bicyclic) bond motifs is 4. The molecular formula is C91H81Br2F17N10O10. The molecule has 8 aromatic rings. The molecule has 0 aliphatic carbocycles. The topological polar surface area (TPSA) is 253 Å². The van der Waals surface area contributed by atoms with Gasteiger partial charge in [-0.2, -0.15) is 35.1 Å². The number of piperidine rings is 4. The molecule has 8 atom stereocenters. The summed E-state index contributed by atoms with van der Waals surface area (Å²) in [5.74, 6) is -30.8. The van der Waals surface area contributed by atoms with E-state index >= 15 is 17.6 Å². The molecule has 4 bridgehead atoms. The van der Waals surface area contributed by atoms with E-state index in [1.165, 1.54) is 40.1 Å². The Hall–Kier alpha value is -11.8. The fourth-order valence-electron chi connectivity index (χ4n) is 16.2. The van der Waals surface area contributed by atoms with Crippen LogP contribution in [0.5, 0.6) is 0 Å². The molecule has 0 radical (unpaired) electrons. The lowest BCUT2D eigenvalue weighted by molar-refractivity contribution is -0.167. The summed E-state index contributed by atoms with van der Waals surface area (Å²) in [6, 6.07) is 22.4. The third-order valence-electron chi connectivity index (χ3n) is 23.4. The first kappa shape index (κ1) is 98.8. The third kappa shape index (κ3) is 21.9. The Kier molecular flexibility index (Phi) is 30.3. The number of amides is 6. The highest BCUT2D eigenvalue weighted by Gasteiger charge is 2.54. The standard InChI is InChI=1S/C24H21F4N3O2.C23H21BrF4N2O2.C22H21BrF4N2O3.C22H18F5N3O3/c1-13(31-16-5-6-17(31)12-18(32)11-16)24(27,28)19-9-14(3-7-20(19)25)23(33)30-15-4-8-21(26)22(10-15)29-2;1-12(30-15-4-5-16(30)11-17(31)10-15)23(27,28)18-8-13(2-6-20(18)25)22(32)29-14-3-7-21(26)19(24)9-14;1-2-21(32)7-9-29(10-8-21)20(31)22(26,27)15-11-13(3-5-17(15)24)19(30)28-14-4-6-18(25)16(23)12-14;1-21(25)11-30(8-7-18(21)31)20(33)22(26,27)14-9-12(3-5-15(14)23)19(32)29-13-4-6-16(24)17(10-13)28-2/h3-4,7-10,16-18,32H,1,5-6,11-12H2,(H,30,33);2-3,6-9,15-17,31H,1,4-5,10-11H2,(H,29,32);3-6,11-12,32H,2,7-10H2,1H3,(H,28,30);3-6,9-10,18,31H,7-8,11H2,1H3,(H,29,32)/t16-,17+,18?;15-,16+,17?;;. The fourth-order valence-corrected chi connectivity index (χ4v) is 16.9. The van der Waals surface area contributed by atoms with Crippen molar-refractivity contribution in [1.82, 2.24) is 19.6 Å². The number of hydrogen-bond donors (Lipinski definition) is 8. The number of alkyl halides is 9. The SMILES string of the molecule is C=C(N1[C@@H]2CC[C@H]1CC(O)C2)C(F)(F)c1cc(C(=O)Nc2ccc(F)c(Br)c2)ccc1F.CCC1(O)CCN(C(=O)C(F)(F)c2cc(C(=O)Nc3ccc(F)c(Br)c3)ccc2F)CC1.[C-]#[N+]c1cc(NC(=O)c2ccc(F)c(C(F)(F)C(=C)N3[C@@H]4CC[C@H]3CC(O)C4)c2)ccc1F.[C-]#[N+]c1cc(NC(=O)c2ccc(F)c(C(F)(F)C(=O)N3CCC(O)C(C)(F)C3)c2)ccc1F. The van der Waals surface area contributed by atoms with Gasteiger partial charge in [0, 0.05) is 88.8 Å². The van der Waals surface area contributed by atoms with Crippen LogP contribution in [0.15, 0.2) is 179 Å². The van der Waals surface area contributed by atoms with Crippen molar-refractivity contribution in [1.29, 1.82) is 0 Å². The minimum absolute atomic E-state index is 0.00443. The predicted octanol–water partition coefficient (Wildman–Crippen LogP) is 19.9. The van der Waals surface area contributed by atoms with Gasteiger partial charge in [-0.15, -0.1) is 0 Å². The summed E-state index contributed by atoms with van der Waals surface area (Å²) in [6.07, 6.45) is 1.95. The molecule has 14 rings (SSSR count). The van der Waals surface area contributed by atoms with Crippen LogP contribution in [-0.2, 0) is 33.3 Å². The minimum atomic E-state index is -4.42. The maximum absolute atomic E-state index is 15.4. The van der Waals surface area contributed by atoms with E-state index in [2.05, 4.69) is 76.0 Å². The van der Waals surface area contributed by atoms with Crippen LogP contribution in [0, 0.1) is 59.7 Å². The number of nitrogens with one attached hydrogen (secondary N) is 4. The molecule has 0 saturated carbocycles. The number of halogens is 19. The van der Waals surface area contributed by atoms with Gasteiger partial charge in [0.05, 0.1) is 86.2 Å². The lowest BCUT2D eigenvalue weighted by Gasteiger charge is -2.42. The molecule has 130 heavy (non-hydrogen) atoms. The second-order valence-electron chi connectivity index (χ2n) is 32.1. The molecule has 6 aliphatic heterocycles. The van der Waals surface area contributed by atoms with Gasteiger partial charge in [-0.25, -0.2) is 49.2 Å². The Morgan fingerprint density at radius 3 is 1.01 bits per heavy atom. The van der Waals surface area contributed by atoms with Gasteiger partial charge in [-0.05, 0) is 261 Å². The smallest absolute Gasteiger partial charge is 0.352 e. The van der Waals surface area contributed by atoms with E-state index in [9.17, 15) is 106 Å². The highest BCUT2D eigenvalue weighted by atomic mass is 79.9. The van der Waals surface area contributed by atoms with Gasteiger partial charge in [0.25, 0.3) is 35.4 Å². The molecule has 0 spiro atoms. The molecular weight excluding hydrogens is 1880 g/mol. The number of likely N-dealkylation sites (tertiary alicyclic amines) is 2. The number of carbonyl (C=O) groups excluding carboxylic acids is 6. The van der Waals surface area contributed by atoms with E-state index < -0.39 is 181 Å². The molecule has 0 aromatic heterocycles. The first-order valence-electron chi connectivity index (χ1n) is 40.2. The maximum Gasteiger partial charge on any atom is 0.352 e. The maximum atomic E-state index is 15.4. The largest absolute Gasteiger partial charge is 0.393 e. The van der Waals surface area contributed by atoms with Gasteiger partial charge in [0.1, 0.15) is 46.5 Å². The van der Waals surface area contributed by atoms with E-state index in [0.717, 1.165) is 103 Å². The zero-order chi connectivity index (χ0) is 95.4. The number of allylic oxidation sites excluding steroid dienone is 2. The van der Waals surface area contributed by atoms with E-state index in [0.29, 0.717) is 87.0 Å². The molecule has 39 heteroatoms. The van der Waals surface area contributed by atoms with Gasteiger partial charge >= 0.3 is 23.7 Å². The Bertz CT molecular complexity index is 5790. The summed E-state index contributed by atoms with van der Waals surface area (Å²) in [5, 5.41) is 49.3. The number of anilines is 4. The van der Waals surface area contributed by atoms with Crippen molar-refractivity contribution < 1.29 is 124 Å². The molecule has 6 heterocycles. The van der Waals surface area contributed by atoms with Gasteiger partial charge in [-0.1, -0.05) is 20.1 Å². The molecule has 688 valence electrons. The van der Waals surface area contributed by atoms with Crippen LogP contribution in [-0.4, -0.2) is 155 Å². The molecule has 6 saturated heterocycles. The summed E-state index contributed by atoms with van der Waals surface area (Å²) in [5.41, 5.74) is -10.2. The van der Waals surface area contributed by atoms with Crippen molar-refractivity contribution in [2.24, 2.45) is 0 Å². The van der Waals surface area contributed by atoms with Crippen molar-refractivity contribution in [3.8, 4) is 0 Å². The number of nitrogens with zero attached hydrogens (tertiary/aromatic N) is 6. The summed E-state index contributed by atoms with van der Waals surface area (Å²) in [7, 11) is 0. The summed E-state index contributed by atoms with van der Waals surface area (Å²) < 4.78 is 247. The molecule has 6 aliphatic rings. The van der Waals surface area contributed by atoms with E-state index in [1.807, 2.05) is 0 Å². The normalized spacial score (nSPS) is 20.4. The number of carbonyl (C=O) groups is 6. The molecule has 8 N–H and O–H groups in total. The zero-order valence-electron chi connectivity index (χ0n) is 68.7. The highest BCUT2D eigenvalue weighted by Crippen LogP contribution is 2.50. The van der Waals surface area contributed by atoms with Gasteiger partial charge in [0.15, 0.2) is 5.67 Å². The number of aliphatic hydroxyl groups excluding tert-OH is 3. The lowest BCUT2D eigenvalue weighted by atomic mass is 9.88. The Morgan fingerprint density at radius 1 is 0.431 bits per heavy atom. The number of rotatable bonds is 19. The predicted molar refractivity (Wildman–Crippen MR) is 450 cm³/mol. The van der Waals surface area contributed by atoms with Crippen LogP contribution >= 0.6 is 31.9 Å². The lowest BCUT2D eigenvalue weighted by Crippen LogP contribution is -2.56. The molecule has 6 amide bonds. The average molecular weight is 1960 g/mol. The highest BCUT2D eigenvalue weighted by molar-refractivity contribution is 9.10. The van der Waals surface area contributed by atoms with Crippen molar-refractivity contribution in [3.63, 3.8) is 0 Å². The van der Waals surface area contributed by atoms with E-state index in [-0.39, 0.29) is 123 Å². The van der Waals surface area contributed by atoms with Gasteiger partial charge in [0.2, 0.25) is 11.4 Å². The summed E-state index contributed by atoms with van der Waals surface area (Å²) in [6.45, 7) is 22.4. The average Bonchev–Trinajstić information content (AvgIpc) is 1.58. The Balaban J connectivity index is 0.000000168. The van der Waals surface area contributed by atoms with Crippen molar-refractivity contribution in [2.45, 2.75) is 168 Å². The van der Waals surface area contributed by atoms with Crippen LogP contribution in [0.1, 0.15) is 155 Å². The molecule has 20 nitrogen and oxygen atoms in total. The summed E-state index contributed by atoms with van der Waals surface area (Å²) in [4.78, 5) is 85.4. The molecule has 6 fully saturated rings. The van der Waals surface area contributed by atoms with Crippen LogP contribution in [0.25, 0.3) is 9.69 Å². The number of aliphatic hydroxyl groups is 4. The molecule has 4 unspecified atom stereocenters. The van der Waals surface area contributed by atoms with Crippen molar-refractivity contribution in [2.75, 3.05) is 47.4 Å². The monoisotopic (exact) mass is 1950 g/mol. The number of hydrogen-bond acceptors (Lipinski definition) is 12. The van der Waals surface area contributed by atoms with Crippen LogP contribution in [0.3, 0.4) is 0 Å². The minimum Gasteiger partial charge on any atom is -0.393 e. The van der Waals surface area contributed by atoms with Crippen molar-refractivity contribution in [3.05, 3.63) is 293 Å². The first-order valence-corrected chi connectivity index (χ1v) is 41.8. The Labute approximate surface area is 749 Å². The Morgan fingerprint density at radius 2 is 0.715 bits per heavy atom. The summed E-state index contributed by atoms with van der Waals surface area (Å²) >= 11 is 5.98. The zero-order valence-corrected chi connectivity index (χ0v) is 71.9. The van der Waals surface area contributed by atoms with Crippen LogP contribution in [0.2, 0.25) is 0 Å². The quantitative estimate of drug-likeness (QED) is 0.0278. The van der Waals surface area contributed by atoms with E-state index in [1.54, 1.807) is 6.92 Å². The second kappa shape index (κ2) is 39.9. The molecule has 8 aromatic carbocycles. The first-order chi connectivity index (χ1) is 61.0. The van der Waals surface area contributed by atoms with Gasteiger partial charge in [-0.3, -0.25) is 28.8 Å².